The Bertz CT molecular complexity index is 1780. The van der Waals surface area contributed by atoms with Crippen molar-refractivity contribution in [3.8, 4) is 5.75 Å². The number of amides is 7. The number of hydrogen-bond donors (Lipinski definition) is 5. The fourth-order valence-electron chi connectivity index (χ4n) is 5.01. The van der Waals surface area contributed by atoms with E-state index in [9.17, 15) is 43.7 Å². The molecule has 7 amide bonds. The molecule has 294 valence electrons. The predicted octanol–water partition coefficient (Wildman–Crippen LogP) is 3.36. The Morgan fingerprint density at radius 2 is 1.62 bits per heavy atom. The first-order valence-corrected chi connectivity index (χ1v) is 17.4. The highest BCUT2D eigenvalue weighted by atomic mass is 16.7. The fraction of sp³-hybridized carbons (Fsp3) is 0.378. The molecule has 6 N–H and O–H groups in total. The van der Waals surface area contributed by atoms with Crippen LogP contribution in [0.25, 0.3) is 0 Å². The summed E-state index contributed by atoms with van der Waals surface area (Å²) >= 11 is 0. The van der Waals surface area contributed by atoms with E-state index in [-0.39, 0.29) is 55.3 Å². The summed E-state index contributed by atoms with van der Waals surface area (Å²) in [5, 5.41) is 21.4. The number of nitrogens with zero attached hydrogens (tertiary/aromatic N) is 2. The van der Waals surface area contributed by atoms with Crippen LogP contribution in [0, 0.1) is 16.0 Å². The van der Waals surface area contributed by atoms with Crippen molar-refractivity contribution in [2.24, 2.45) is 11.7 Å². The van der Waals surface area contributed by atoms with Gasteiger partial charge in [0.2, 0.25) is 11.8 Å². The van der Waals surface area contributed by atoms with Crippen LogP contribution in [0.2, 0.25) is 0 Å². The number of rotatable bonds is 20. The number of ether oxygens (including phenoxy) is 2. The number of carbonyl (C=O) groups excluding carboxylic acids is 7. The number of nitrogens with one attached hydrogen (secondary N) is 4. The standard InChI is InChI=1S/C37H45N7O11/c1-24(2)37(3,42-30(45)10-5-4-8-22-43-31(46)19-20-32(43)47)34(49)41-29(9-6-7-21-39-35(38)50)33(48)40-26-13-11-25(12-14-26)23-54-36(51)55-28-17-15-27(16-18-28)44(52)53/h6,9,11-20,24,29H,4-5,7-8,10,21-23H2,1-3H3,(H,40,48)(H,41,49)(H,42,45)(H3,38,39,50)/b9-6+. The molecule has 1 aliphatic rings. The number of hydrogen-bond acceptors (Lipinski definition) is 11. The minimum absolute atomic E-state index is 0.0578. The maximum atomic E-state index is 13.7. The average molecular weight is 764 g/mol. The van der Waals surface area contributed by atoms with Gasteiger partial charge in [-0.3, -0.25) is 39.0 Å². The van der Waals surface area contributed by atoms with Gasteiger partial charge in [0.05, 0.1) is 4.92 Å². The van der Waals surface area contributed by atoms with E-state index in [1.165, 1.54) is 42.5 Å². The van der Waals surface area contributed by atoms with Crippen molar-refractivity contribution < 1.29 is 48.0 Å². The lowest BCUT2D eigenvalue weighted by Crippen LogP contribution is -2.62. The summed E-state index contributed by atoms with van der Waals surface area (Å²) in [4.78, 5) is 98.1. The molecule has 0 aromatic heterocycles. The second kappa shape index (κ2) is 20.6. The Balaban J connectivity index is 1.58. The SMILES string of the molecule is CC(C)C(C)(NC(=O)CCCCCN1C(=O)C=CC1=O)C(=O)NC(/C=C/CCNC(N)=O)C(=O)Nc1ccc(COC(=O)Oc2ccc([N+](=O)[O-])cc2)cc1. The van der Waals surface area contributed by atoms with Crippen molar-refractivity contribution >= 4 is 53.1 Å². The lowest BCUT2D eigenvalue weighted by atomic mass is 9.86. The van der Waals surface area contributed by atoms with E-state index in [0.717, 1.165) is 4.90 Å². The lowest BCUT2D eigenvalue weighted by molar-refractivity contribution is -0.384. The van der Waals surface area contributed by atoms with Crippen molar-refractivity contribution in [1.29, 1.82) is 0 Å². The Kier molecular flexibility index (Phi) is 16.0. The Hall–Kier alpha value is -6.59. The number of non-ortho nitro benzene ring substituents is 1. The molecule has 3 rings (SSSR count). The summed E-state index contributed by atoms with van der Waals surface area (Å²) in [5.74, 6) is -2.70. The van der Waals surface area contributed by atoms with Gasteiger partial charge in [-0.25, -0.2) is 9.59 Å². The van der Waals surface area contributed by atoms with E-state index >= 15 is 0 Å². The van der Waals surface area contributed by atoms with Crippen LogP contribution in [0.4, 0.5) is 21.0 Å². The third-order valence-corrected chi connectivity index (χ3v) is 8.55. The van der Waals surface area contributed by atoms with Crippen LogP contribution in [0.3, 0.4) is 0 Å². The number of imide groups is 1. The third kappa shape index (κ3) is 13.7. The number of primary amides is 1. The van der Waals surface area contributed by atoms with Gasteiger partial charge in [0.25, 0.3) is 23.4 Å². The summed E-state index contributed by atoms with van der Waals surface area (Å²) in [6.45, 7) is 5.30. The first-order valence-electron chi connectivity index (χ1n) is 17.4. The number of nitrogens with two attached hydrogens (primary N) is 1. The number of carbonyl (C=O) groups is 7. The summed E-state index contributed by atoms with van der Waals surface area (Å²) in [6.07, 6.45) is 6.35. The van der Waals surface area contributed by atoms with Crippen molar-refractivity contribution in [2.45, 2.75) is 71.1 Å². The molecule has 0 saturated heterocycles. The maximum Gasteiger partial charge on any atom is 0.514 e. The van der Waals surface area contributed by atoms with Gasteiger partial charge in [0.15, 0.2) is 0 Å². The molecule has 0 spiro atoms. The number of anilines is 1. The van der Waals surface area contributed by atoms with Crippen molar-refractivity contribution in [1.82, 2.24) is 20.9 Å². The molecule has 55 heavy (non-hydrogen) atoms. The molecule has 2 atom stereocenters. The third-order valence-electron chi connectivity index (χ3n) is 8.55. The first-order chi connectivity index (χ1) is 26.1. The van der Waals surface area contributed by atoms with Crippen LogP contribution in [0.15, 0.2) is 72.8 Å². The summed E-state index contributed by atoms with van der Waals surface area (Å²) < 4.78 is 10.1. The lowest BCUT2D eigenvalue weighted by Gasteiger charge is -2.34. The van der Waals surface area contributed by atoms with Crippen molar-refractivity contribution in [2.75, 3.05) is 18.4 Å². The summed E-state index contributed by atoms with van der Waals surface area (Å²) in [7, 11) is 0. The molecule has 1 aliphatic heterocycles. The Labute approximate surface area is 317 Å². The fourth-order valence-corrected chi connectivity index (χ4v) is 5.01. The smallest absolute Gasteiger partial charge is 0.429 e. The zero-order chi connectivity index (χ0) is 40.5. The highest BCUT2D eigenvalue weighted by Crippen LogP contribution is 2.20. The monoisotopic (exact) mass is 763 g/mol. The number of nitro benzene ring substituents is 1. The number of urea groups is 1. The average Bonchev–Trinajstić information content (AvgIpc) is 3.46. The topological polar surface area (TPSA) is 258 Å². The highest BCUT2D eigenvalue weighted by molar-refractivity contribution is 6.12. The molecule has 1 heterocycles. The normalized spacial score (nSPS) is 13.9. The van der Waals surface area contributed by atoms with Gasteiger partial charge < -0.3 is 36.5 Å². The van der Waals surface area contributed by atoms with Gasteiger partial charge in [-0.1, -0.05) is 44.6 Å². The minimum Gasteiger partial charge on any atom is -0.429 e. The van der Waals surface area contributed by atoms with Crippen molar-refractivity contribution in [3.05, 3.63) is 88.5 Å². The van der Waals surface area contributed by atoms with Crippen LogP contribution in [-0.2, 0) is 35.3 Å². The number of benzene rings is 2. The van der Waals surface area contributed by atoms with E-state index in [2.05, 4.69) is 21.3 Å². The Morgan fingerprint density at radius 1 is 0.964 bits per heavy atom. The van der Waals surface area contributed by atoms with Gasteiger partial charge in [-0.15, -0.1) is 0 Å². The molecule has 0 bridgehead atoms. The van der Waals surface area contributed by atoms with E-state index in [4.69, 9.17) is 15.2 Å². The van der Waals surface area contributed by atoms with Crippen LogP contribution in [0.5, 0.6) is 5.75 Å². The molecule has 0 aliphatic carbocycles. The van der Waals surface area contributed by atoms with Crippen LogP contribution in [0.1, 0.15) is 58.4 Å². The highest BCUT2D eigenvalue weighted by Gasteiger charge is 2.39. The molecule has 2 aromatic carbocycles. The van der Waals surface area contributed by atoms with Gasteiger partial charge in [0.1, 0.15) is 23.9 Å². The molecule has 2 aromatic rings. The first kappa shape index (κ1) is 42.8. The number of unbranched alkanes of at least 4 members (excludes halogenated alkanes) is 2. The quantitative estimate of drug-likeness (QED) is 0.0248. The van der Waals surface area contributed by atoms with Crippen LogP contribution < -0.4 is 31.7 Å². The van der Waals surface area contributed by atoms with Gasteiger partial charge >= 0.3 is 12.2 Å². The van der Waals surface area contributed by atoms with E-state index in [0.29, 0.717) is 36.9 Å². The van der Waals surface area contributed by atoms with Gasteiger partial charge in [0, 0.05) is 49.5 Å². The predicted molar refractivity (Wildman–Crippen MR) is 198 cm³/mol. The molecule has 2 unspecified atom stereocenters. The number of nitro groups is 1. The van der Waals surface area contributed by atoms with Gasteiger partial charge in [-0.05, 0) is 61.9 Å². The second-order valence-corrected chi connectivity index (χ2v) is 12.9. The van der Waals surface area contributed by atoms with Crippen molar-refractivity contribution in [3.63, 3.8) is 0 Å². The van der Waals surface area contributed by atoms with Gasteiger partial charge in [-0.2, -0.15) is 0 Å². The molecular formula is C37H45N7O11. The summed E-state index contributed by atoms with van der Waals surface area (Å²) in [6, 6.07) is 9.22. The maximum absolute atomic E-state index is 13.7. The van der Waals surface area contributed by atoms with Crippen LogP contribution >= 0.6 is 0 Å². The van der Waals surface area contributed by atoms with E-state index in [1.54, 1.807) is 51.1 Å². The summed E-state index contributed by atoms with van der Waals surface area (Å²) in [5.41, 5.74) is 4.42. The minimum atomic E-state index is -1.42. The molecule has 0 radical (unpaired) electrons. The van der Waals surface area contributed by atoms with E-state index in [1.807, 2.05) is 0 Å². The zero-order valence-corrected chi connectivity index (χ0v) is 30.7. The molecular weight excluding hydrogens is 718 g/mol. The molecule has 18 heteroatoms. The molecule has 18 nitrogen and oxygen atoms in total. The van der Waals surface area contributed by atoms with E-state index < -0.39 is 46.4 Å². The largest absolute Gasteiger partial charge is 0.514 e. The zero-order valence-electron chi connectivity index (χ0n) is 30.7. The van der Waals surface area contributed by atoms with Crippen LogP contribution in [-0.4, -0.2) is 76.2 Å². The Morgan fingerprint density at radius 3 is 2.22 bits per heavy atom. The molecule has 0 saturated carbocycles. The second-order valence-electron chi connectivity index (χ2n) is 12.9. The molecule has 0 fully saturated rings.